The lowest BCUT2D eigenvalue weighted by Crippen LogP contribution is -2.21. The average Bonchev–Trinajstić information content (AvgIpc) is 1.95. The van der Waals surface area contributed by atoms with Crippen molar-refractivity contribution in [1.29, 1.82) is 0 Å². The van der Waals surface area contributed by atoms with Crippen molar-refractivity contribution in [1.82, 2.24) is 0 Å². The topological polar surface area (TPSA) is 77.2 Å². The van der Waals surface area contributed by atoms with E-state index >= 15 is 0 Å². The predicted octanol–water partition coefficient (Wildman–Crippen LogP) is -0.272. The van der Waals surface area contributed by atoms with E-state index in [9.17, 15) is 13.2 Å². The molecule has 72 valence electrons. The lowest BCUT2D eigenvalue weighted by Gasteiger charge is -2.06. The SMILES string of the molecule is CS(=O)(=O)C(C=O)CCCCN. The van der Waals surface area contributed by atoms with Crippen molar-refractivity contribution in [3.63, 3.8) is 0 Å². The summed E-state index contributed by atoms with van der Waals surface area (Å²) in [7, 11) is -3.20. The van der Waals surface area contributed by atoms with E-state index in [2.05, 4.69) is 0 Å². The number of sulfone groups is 1. The molecule has 12 heavy (non-hydrogen) atoms. The Morgan fingerprint density at radius 1 is 1.42 bits per heavy atom. The average molecular weight is 193 g/mol. The number of hydrogen-bond acceptors (Lipinski definition) is 4. The van der Waals surface area contributed by atoms with Gasteiger partial charge in [0.1, 0.15) is 11.5 Å². The van der Waals surface area contributed by atoms with Crippen molar-refractivity contribution in [2.75, 3.05) is 12.8 Å². The number of carbonyl (C=O) groups is 1. The molecule has 0 fully saturated rings. The Morgan fingerprint density at radius 2 is 2.00 bits per heavy atom. The van der Waals surface area contributed by atoms with E-state index < -0.39 is 15.1 Å². The van der Waals surface area contributed by atoms with Gasteiger partial charge >= 0.3 is 0 Å². The summed E-state index contributed by atoms with van der Waals surface area (Å²) in [5.74, 6) is 0. The van der Waals surface area contributed by atoms with Gasteiger partial charge in [0.05, 0.1) is 0 Å². The van der Waals surface area contributed by atoms with Crippen LogP contribution < -0.4 is 5.73 Å². The molecule has 0 radical (unpaired) electrons. The van der Waals surface area contributed by atoms with E-state index in [1.165, 1.54) is 0 Å². The van der Waals surface area contributed by atoms with Crippen LogP contribution >= 0.6 is 0 Å². The molecule has 4 nitrogen and oxygen atoms in total. The highest BCUT2D eigenvalue weighted by Crippen LogP contribution is 2.06. The van der Waals surface area contributed by atoms with Gasteiger partial charge in [-0.1, -0.05) is 6.42 Å². The number of hydrogen-bond donors (Lipinski definition) is 1. The normalized spacial score (nSPS) is 14.2. The molecule has 0 aliphatic carbocycles. The molecule has 0 aromatic carbocycles. The van der Waals surface area contributed by atoms with Gasteiger partial charge in [-0.3, -0.25) is 0 Å². The zero-order valence-electron chi connectivity index (χ0n) is 7.19. The number of rotatable bonds is 6. The van der Waals surface area contributed by atoms with Gasteiger partial charge in [-0.2, -0.15) is 0 Å². The Labute approximate surface area is 73.1 Å². The summed E-state index contributed by atoms with van der Waals surface area (Å²) in [5.41, 5.74) is 5.23. The molecule has 1 unspecified atom stereocenters. The molecule has 0 saturated carbocycles. The summed E-state index contributed by atoms with van der Waals surface area (Å²) in [6.07, 6.45) is 3.41. The van der Waals surface area contributed by atoms with Gasteiger partial charge in [-0.25, -0.2) is 8.42 Å². The van der Waals surface area contributed by atoms with E-state index in [4.69, 9.17) is 5.73 Å². The Balaban J connectivity index is 3.94. The minimum Gasteiger partial charge on any atom is -0.330 e. The van der Waals surface area contributed by atoms with Crippen LogP contribution in [0.4, 0.5) is 0 Å². The van der Waals surface area contributed by atoms with Crippen molar-refractivity contribution < 1.29 is 13.2 Å². The molecule has 0 heterocycles. The van der Waals surface area contributed by atoms with Crippen molar-refractivity contribution in [2.45, 2.75) is 24.5 Å². The van der Waals surface area contributed by atoms with E-state index in [0.29, 0.717) is 25.7 Å². The Morgan fingerprint density at radius 3 is 2.33 bits per heavy atom. The summed E-state index contributed by atoms with van der Waals surface area (Å²) in [5, 5.41) is -0.843. The Kier molecular flexibility index (Phi) is 5.08. The maximum Gasteiger partial charge on any atom is 0.157 e. The number of unbranched alkanes of at least 4 members (excludes halogenated alkanes) is 1. The van der Waals surface area contributed by atoms with Gasteiger partial charge in [-0.15, -0.1) is 0 Å². The highest BCUT2D eigenvalue weighted by Gasteiger charge is 2.18. The van der Waals surface area contributed by atoms with Crippen LogP contribution in [0.25, 0.3) is 0 Å². The van der Waals surface area contributed by atoms with Crippen LogP contribution in [0.15, 0.2) is 0 Å². The standard InChI is InChI=1S/C7H15NO3S/c1-12(10,11)7(6-9)4-2-3-5-8/h6-7H,2-5,8H2,1H3. The van der Waals surface area contributed by atoms with Crippen LogP contribution in [0.1, 0.15) is 19.3 Å². The van der Waals surface area contributed by atoms with E-state index in [1.54, 1.807) is 0 Å². The third-order valence-electron chi connectivity index (χ3n) is 1.64. The zero-order chi connectivity index (χ0) is 9.61. The molecule has 0 aliphatic heterocycles. The third kappa shape index (κ3) is 4.46. The van der Waals surface area contributed by atoms with Gasteiger partial charge in [-0.05, 0) is 19.4 Å². The minimum absolute atomic E-state index is 0.388. The quantitative estimate of drug-likeness (QED) is 0.465. The first-order chi connectivity index (χ1) is 5.52. The molecule has 0 aliphatic rings. The molecule has 0 aromatic rings. The first-order valence-electron chi connectivity index (χ1n) is 3.86. The molecular weight excluding hydrogens is 178 g/mol. The van der Waals surface area contributed by atoms with Gasteiger partial charge in [0, 0.05) is 6.26 Å². The van der Waals surface area contributed by atoms with Crippen LogP contribution in [-0.2, 0) is 14.6 Å². The first kappa shape index (κ1) is 11.6. The van der Waals surface area contributed by atoms with Gasteiger partial charge in [0.15, 0.2) is 9.84 Å². The maximum atomic E-state index is 10.9. The lowest BCUT2D eigenvalue weighted by atomic mass is 10.2. The minimum atomic E-state index is -3.20. The number of aldehydes is 1. The second-order valence-corrected chi connectivity index (χ2v) is 5.05. The lowest BCUT2D eigenvalue weighted by molar-refractivity contribution is -0.107. The molecule has 2 N–H and O–H groups in total. The van der Waals surface area contributed by atoms with Crippen molar-refractivity contribution in [2.24, 2.45) is 5.73 Å². The highest BCUT2D eigenvalue weighted by molar-refractivity contribution is 7.91. The molecule has 0 spiro atoms. The second-order valence-electron chi connectivity index (χ2n) is 2.79. The van der Waals surface area contributed by atoms with Gasteiger partial charge in [0.2, 0.25) is 0 Å². The van der Waals surface area contributed by atoms with Gasteiger partial charge in [0.25, 0.3) is 0 Å². The smallest absolute Gasteiger partial charge is 0.157 e. The van der Waals surface area contributed by atoms with Crippen LogP contribution in [0, 0.1) is 0 Å². The summed E-state index contributed by atoms with van der Waals surface area (Å²) in [4.78, 5) is 10.3. The summed E-state index contributed by atoms with van der Waals surface area (Å²) < 4.78 is 21.8. The van der Waals surface area contributed by atoms with Crippen molar-refractivity contribution >= 4 is 16.1 Å². The predicted molar refractivity (Wildman–Crippen MR) is 47.6 cm³/mol. The zero-order valence-corrected chi connectivity index (χ0v) is 8.01. The van der Waals surface area contributed by atoms with Crippen LogP contribution in [0.2, 0.25) is 0 Å². The molecule has 1 atom stereocenters. The fourth-order valence-electron chi connectivity index (χ4n) is 0.873. The molecule has 0 rings (SSSR count). The molecule has 0 saturated heterocycles. The molecule has 0 aromatic heterocycles. The van der Waals surface area contributed by atoms with Gasteiger partial charge < -0.3 is 10.5 Å². The summed E-state index contributed by atoms with van der Waals surface area (Å²) in [6, 6.07) is 0. The molecular formula is C7H15NO3S. The van der Waals surface area contributed by atoms with Crippen molar-refractivity contribution in [3.8, 4) is 0 Å². The second kappa shape index (κ2) is 5.27. The van der Waals surface area contributed by atoms with E-state index in [-0.39, 0.29) is 0 Å². The number of carbonyl (C=O) groups excluding carboxylic acids is 1. The van der Waals surface area contributed by atoms with Crippen LogP contribution in [0.3, 0.4) is 0 Å². The number of nitrogens with two attached hydrogens (primary N) is 1. The maximum absolute atomic E-state index is 10.9. The van der Waals surface area contributed by atoms with Crippen molar-refractivity contribution in [3.05, 3.63) is 0 Å². The fraction of sp³-hybridized carbons (Fsp3) is 0.857. The monoisotopic (exact) mass is 193 g/mol. The van der Waals surface area contributed by atoms with E-state index in [0.717, 1.165) is 12.7 Å². The Bertz CT molecular complexity index is 223. The molecule has 0 bridgehead atoms. The molecule has 5 heteroatoms. The largest absolute Gasteiger partial charge is 0.330 e. The summed E-state index contributed by atoms with van der Waals surface area (Å²) >= 11 is 0. The Hall–Kier alpha value is -0.420. The van der Waals surface area contributed by atoms with E-state index in [1.807, 2.05) is 0 Å². The fourth-order valence-corrected chi connectivity index (χ4v) is 1.67. The highest BCUT2D eigenvalue weighted by atomic mass is 32.2. The van der Waals surface area contributed by atoms with Crippen LogP contribution in [-0.4, -0.2) is 32.8 Å². The first-order valence-corrected chi connectivity index (χ1v) is 5.82. The van der Waals surface area contributed by atoms with Crippen LogP contribution in [0.5, 0.6) is 0 Å². The summed E-state index contributed by atoms with van der Waals surface area (Å²) in [6.45, 7) is 0.537. The third-order valence-corrected chi connectivity index (χ3v) is 3.09. The molecule has 0 amide bonds.